The fourth-order valence-electron chi connectivity index (χ4n) is 1.59. The van der Waals surface area contributed by atoms with Crippen LogP contribution in [0.1, 0.15) is 24.3 Å². The third-order valence-corrected chi connectivity index (χ3v) is 2.60. The molecule has 0 bridgehead atoms. The second-order valence-electron chi connectivity index (χ2n) is 3.42. The minimum absolute atomic E-state index is 0.363. The van der Waals surface area contributed by atoms with Crippen molar-refractivity contribution in [2.24, 2.45) is 0 Å². The summed E-state index contributed by atoms with van der Waals surface area (Å²) < 4.78 is 1.78. The van der Waals surface area contributed by atoms with Gasteiger partial charge in [0.15, 0.2) is 0 Å². The first kappa shape index (κ1) is 11.8. The molecule has 0 saturated heterocycles. The molecular weight excluding hydrogens is 192 g/mol. The lowest BCUT2D eigenvalue weighted by Gasteiger charge is -2.18. The number of aromatic carboxylic acids is 1. The predicted octanol–water partition coefficient (Wildman–Crippen LogP) is 1.53. The first-order valence-electron chi connectivity index (χ1n) is 5.29. The van der Waals surface area contributed by atoms with Crippen molar-refractivity contribution in [1.82, 2.24) is 9.47 Å². The summed E-state index contributed by atoms with van der Waals surface area (Å²) in [5.74, 6) is -0.862. The molecule has 1 N–H and O–H groups in total. The van der Waals surface area contributed by atoms with Gasteiger partial charge in [0.2, 0.25) is 0 Å². The van der Waals surface area contributed by atoms with Gasteiger partial charge in [0.25, 0.3) is 0 Å². The van der Waals surface area contributed by atoms with Crippen LogP contribution in [0.2, 0.25) is 0 Å². The molecule has 1 heterocycles. The van der Waals surface area contributed by atoms with E-state index >= 15 is 0 Å². The van der Waals surface area contributed by atoms with E-state index < -0.39 is 5.97 Å². The summed E-state index contributed by atoms with van der Waals surface area (Å²) in [7, 11) is 0. The highest BCUT2D eigenvalue weighted by atomic mass is 16.4. The number of aromatic nitrogens is 1. The SMILES string of the molecule is CCN(CC)CCn1cccc1C(=O)O. The van der Waals surface area contributed by atoms with Gasteiger partial charge in [-0.25, -0.2) is 4.79 Å². The van der Waals surface area contributed by atoms with Crippen LogP contribution in [0.5, 0.6) is 0 Å². The van der Waals surface area contributed by atoms with Crippen LogP contribution in [0.25, 0.3) is 0 Å². The van der Waals surface area contributed by atoms with Crippen molar-refractivity contribution in [2.45, 2.75) is 20.4 Å². The fraction of sp³-hybridized carbons (Fsp3) is 0.545. The molecule has 84 valence electrons. The van der Waals surface area contributed by atoms with Crippen LogP contribution in [0.3, 0.4) is 0 Å². The molecule has 0 fully saturated rings. The molecule has 0 radical (unpaired) electrons. The van der Waals surface area contributed by atoms with Gasteiger partial charge in [-0.15, -0.1) is 0 Å². The third-order valence-electron chi connectivity index (χ3n) is 2.60. The van der Waals surface area contributed by atoms with Crippen molar-refractivity contribution in [3.63, 3.8) is 0 Å². The number of likely N-dealkylation sites (N-methyl/N-ethyl adjacent to an activating group) is 1. The van der Waals surface area contributed by atoms with Crippen LogP contribution in [-0.2, 0) is 6.54 Å². The Kier molecular flexibility index (Phi) is 4.37. The molecule has 1 aromatic rings. The highest BCUT2D eigenvalue weighted by Gasteiger charge is 2.08. The summed E-state index contributed by atoms with van der Waals surface area (Å²) in [5.41, 5.74) is 0.363. The van der Waals surface area contributed by atoms with Crippen molar-refractivity contribution < 1.29 is 9.90 Å². The van der Waals surface area contributed by atoms with Crippen molar-refractivity contribution in [3.8, 4) is 0 Å². The number of carbonyl (C=O) groups is 1. The van der Waals surface area contributed by atoms with E-state index in [9.17, 15) is 4.79 Å². The Hall–Kier alpha value is -1.29. The van der Waals surface area contributed by atoms with E-state index in [0.29, 0.717) is 5.69 Å². The molecule has 0 spiro atoms. The number of carboxylic acids is 1. The van der Waals surface area contributed by atoms with Gasteiger partial charge in [0.1, 0.15) is 5.69 Å². The summed E-state index contributed by atoms with van der Waals surface area (Å²) in [5, 5.41) is 8.90. The minimum Gasteiger partial charge on any atom is -0.477 e. The molecule has 0 aliphatic rings. The molecule has 0 aromatic carbocycles. The molecule has 15 heavy (non-hydrogen) atoms. The Morgan fingerprint density at radius 3 is 2.67 bits per heavy atom. The van der Waals surface area contributed by atoms with Crippen molar-refractivity contribution in [1.29, 1.82) is 0 Å². The normalized spacial score (nSPS) is 10.9. The van der Waals surface area contributed by atoms with Gasteiger partial charge in [-0.2, -0.15) is 0 Å². The summed E-state index contributed by atoms with van der Waals surface area (Å²) >= 11 is 0. The first-order chi connectivity index (χ1) is 7.19. The maximum absolute atomic E-state index is 10.8. The Balaban J connectivity index is 2.57. The topological polar surface area (TPSA) is 45.5 Å². The van der Waals surface area contributed by atoms with E-state index in [1.807, 2.05) is 6.20 Å². The second-order valence-corrected chi connectivity index (χ2v) is 3.42. The lowest BCUT2D eigenvalue weighted by Crippen LogP contribution is -2.27. The van der Waals surface area contributed by atoms with E-state index in [4.69, 9.17) is 5.11 Å². The standard InChI is InChI=1S/C11H18N2O2/c1-3-12(4-2)8-9-13-7-5-6-10(13)11(14)15/h5-7H,3-4,8-9H2,1-2H3,(H,14,15). The van der Waals surface area contributed by atoms with E-state index in [1.54, 1.807) is 16.7 Å². The number of hydrogen-bond acceptors (Lipinski definition) is 2. The molecule has 4 nitrogen and oxygen atoms in total. The predicted molar refractivity (Wildman–Crippen MR) is 59.2 cm³/mol. The highest BCUT2D eigenvalue weighted by Crippen LogP contribution is 2.02. The highest BCUT2D eigenvalue weighted by molar-refractivity contribution is 5.85. The molecule has 0 aliphatic heterocycles. The Labute approximate surface area is 90.1 Å². The number of rotatable bonds is 6. The van der Waals surface area contributed by atoms with Gasteiger partial charge < -0.3 is 14.6 Å². The molecule has 0 amide bonds. The zero-order valence-electron chi connectivity index (χ0n) is 9.31. The maximum Gasteiger partial charge on any atom is 0.352 e. The first-order valence-corrected chi connectivity index (χ1v) is 5.29. The lowest BCUT2D eigenvalue weighted by atomic mass is 10.4. The van der Waals surface area contributed by atoms with Crippen molar-refractivity contribution in [2.75, 3.05) is 19.6 Å². The van der Waals surface area contributed by atoms with E-state index in [2.05, 4.69) is 18.7 Å². The molecular formula is C11H18N2O2. The quantitative estimate of drug-likeness (QED) is 0.774. The van der Waals surface area contributed by atoms with Gasteiger partial charge in [-0.1, -0.05) is 13.8 Å². The molecule has 0 atom stereocenters. The van der Waals surface area contributed by atoms with Crippen LogP contribution in [0, 0.1) is 0 Å². The average Bonchev–Trinajstić information content (AvgIpc) is 2.67. The van der Waals surface area contributed by atoms with Gasteiger partial charge >= 0.3 is 5.97 Å². The molecule has 0 unspecified atom stereocenters. The van der Waals surface area contributed by atoms with Gasteiger partial charge in [0.05, 0.1) is 0 Å². The maximum atomic E-state index is 10.8. The smallest absolute Gasteiger partial charge is 0.352 e. The van der Waals surface area contributed by atoms with Crippen LogP contribution in [0.15, 0.2) is 18.3 Å². The second kappa shape index (κ2) is 5.56. The lowest BCUT2D eigenvalue weighted by molar-refractivity contribution is 0.0684. The Bertz CT molecular complexity index is 316. The van der Waals surface area contributed by atoms with Gasteiger partial charge in [-0.05, 0) is 25.2 Å². The van der Waals surface area contributed by atoms with E-state index in [0.717, 1.165) is 26.2 Å². The summed E-state index contributed by atoms with van der Waals surface area (Å²) in [6.07, 6.45) is 1.81. The fourth-order valence-corrected chi connectivity index (χ4v) is 1.59. The van der Waals surface area contributed by atoms with Crippen LogP contribution < -0.4 is 0 Å². The number of hydrogen-bond donors (Lipinski definition) is 1. The van der Waals surface area contributed by atoms with Crippen LogP contribution in [-0.4, -0.2) is 40.2 Å². The molecule has 0 saturated carbocycles. The van der Waals surface area contributed by atoms with Crippen LogP contribution in [0.4, 0.5) is 0 Å². The zero-order valence-corrected chi connectivity index (χ0v) is 9.31. The average molecular weight is 210 g/mol. The Morgan fingerprint density at radius 1 is 1.47 bits per heavy atom. The van der Waals surface area contributed by atoms with Gasteiger partial charge in [-0.3, -0.25) is 0 Å². The summed E-state index contributed by atoms with van der Waals surface area (Å²) in [6, 6.07) is 3.40. The third kappa shape index (κ3) is 3.09. The molecule has 1 rings (SSSR count). The minimum atomic E-state index is -0.862. The van der Waals surface area contributed by atoms with Crippen molar-refractivity contribution >= 4 is 5.97 Å². The zero-order chi connectivity index (χ0) is 11.3. The van der Waals surface area contributed by atoms with E-state index in [1.165, 1.54) is 0 Å². The number of nitrogens with zero attached hydrogens (tertiary/aromatic N) is 2. The van der Waals surface area contributed by atoms with Crippen LogP contribution >= 0.6 is 0 Å². The van der Waals surface area contributed by atoms with Gasteiger partial charge in [0, 0.05) is 19.3 Å². The summed E-state index contributed by atoms with van der Waals surface area (Å²) in [6.45, 7) is 7.84. The molecule has 0 aliphatic carbocycles. The van der Waals surface area contributed by atoms with Crippen molar-refractivity contribution in [3.05, 3.63) is 24.0 Å². The molecule has 4 heteroatoms. The summed E-state index contributed by atoms with van der Waals surface area (Å²) in [4.78, 5) is 13.1. The number of carboxylic acid groups (broad SMARTS) is 1. The monoisotopic (exact) mass is 210 g/mol. The largest absolute Gasteiger partial charge is 0.477 e. The van der Waals surface area contributed by atoms with E-state index in [-0.39, 0.29) is 0 Å². The Morgan fingerprint density at radius 2 is 2.13 bits per heavy atom. The molecule has 1 aromatic heterocycles.